The highest BCUT2D eigenvalue weighted by Crippen LogP contribution is 2.36. The van der Waals surface area contributed by atoms with E-state index < -0.39 is 33.6 Å². The van der Waals surface area contributed by atoms with Gasteiger partial charge in [0, 0.05) is 11.7 Å². The van der Waals surface area contributed by atoms with Crippen molar-refractivity contribution in [1.29, 1.82) is 0 Å². The van der Waals surface area contributed by atoms with Crippen molar-refractivity contribution in [2.45, 2.75) is 39.2 Å². The van der Waals surface area contributed by atoms with Gasteiger partial charge in [-0.1, -0.05) is 43.2 Å². The van der Waals surface area contributed by atoms with Crippen LogP contribution in [0, 0.1) is 17.7 Å². The Hall–Kier alpha value is -3.00. The number of benzene rings is 2. The number of hydrogen-bond donors (Lipinski definition) is 1. The van der Waals surface area contributed by atoms with E-state index in [1.165, 1.54) is 35.2 Å². The van der Waals surface area contributed by atoms with Crippen molar-refractivity contribution in [2.75, 3.05) is 4.90 Å². The molecule has 6 nitrogen and oxygen atoms in total. The third-order valence-electron chi connectivity index (χ3n) is 5.22. The molecular formula is C24H27FN2O4S. The minimum Gasteiger partial charge on any atom is -0.309 e. The Kier molecular flexibility index (Phi) is 7.45. The smallest absolute Gasteiger partial charge is 0.257 e. The first-order valence-corrected chi connectivity index (χ1v) is 12.1. The van der Waals surface area contributed by atoms with Crippen LogP contribution in [0.3, 0.4) is 0 Å². The summed E-state index contributed by atoms with van der Waals surface area (Å²) in [7, 11) is -4.09. The second-order valence-corrected chi connectivity index (χ2v) is 9.80. The SMILES string of the molecule is CC(C)N(C(=O)C(CC1CC1)C(=O)NS(=O)(=O)/C=C/c1ccccc1)c1ccc(F)cc1. The van der Waals surface area contributed by atoms with Crippen LogP contribution < -0.4 is 9.62 Å². The predicted octanol–water partition coefficient (Wildman–Crippen LogP) is 4.10. The Balaban J connectivity index is 1.81. The van der Waals surface area contributed by atoms with Gasteiger partial charge in [0.1, 0.15) is 11.7 Å². The molecule has 32 heavy (non-hydrogen) atoms. The van der Waals surface area contributed by atoms with Gasteiger partial charge in [-0.3, -0.25) is 9.59 Å². The Morgan fingerprint density at radius 3 is 2.28 bits per heavy atom. The van der Waals surface area contributed by atoms with Gasteiger partial charge < -0.3 is 4.90 Å². The average Bonchev–Trinajstić information content (AvgIpc) is 3.56. The molecule has 0 saturated heterocycles. The van der Waals surface area contributed by atoms with Gasteiger partial charge in [0.05, 0.1) is 5.41 Å². The van der Waals surface area contributed by atoms with E-state index in [-0.39, 0.29) is 18.4 Å². The van der Waals surface area contributed by atoms with Gasteiger partial charge >= 0.3 is 0 Å². The van der Waals surface area contributed by atoms with Gasteiger partial charge in [0.15, 0.2) is 0 Å². The van der Waals surface area contributed by atoms with Gasteiger partial charge in [-0.2, -0.15) is 0 Å². The highest BCUT2D eigenvalue weighted by Gasteiger charge is 2.38. The zero-order chi connectivity index (χ0) is 23.3. The molecule has 1 N–H and O–H groups in total. The largest absolute Gasteiger partial charge is 0.309 e. The van der Waals surface area contributed by atoms with E-state index >= 15 is 0 Å². The fraction of sp³-hybridized carbons (Fsp3) is 0.333. The highest BCUT2D eigenvalue weighted by atomic mass is 32.2. The molecule has 0 heterocycles. The number of carbonyl (C=O) groups excluding carboxylic acids is 2. The summed E-state index contributed by atoms with van der Waals surface area (Å²) in [5, 5.41) is 0.916. The Morgan fingerprint density at radius 2 is 1.72 bits per heavy atom. The number of hydrogen-bond acceptors (Lipinski definition) is 4. The zero-order valence-electron chi connectivity index (χ0n) is 18.1. The lowest BCUT2D eigenvalue weighted by Crippen LogP contribution is -2.47. The molecule has 1 aliphatic carbocycles. The van der Waals surface area contributed by atoms with E-state index in [9.17, 15) is 22.4 Å². The first-order valence-electron chi connectivity index (χ1n) is 10.5. The quantitative estimate of drug-likeness (QED) is 0.574. The first kappa shape index (κ1) is 23.7. The van der Waals surface area contributed by atoms with Gasteiger partial charge in [-0.05, 0) is 62.1 Å². The first-order chi connectivity index (χ1) is 15.2. The third kappa shape index (κ3) is 6.50. The van der Waals surface area contributed by atoms with Gasteiger partial charge in [-0.15, -0.1) is 0 Å². The fourth-order valence-corrected chi connectivity index (χ4v) is 4.26. The molecule has 0 aromatic heterocycles. The summed E-state index contributed by atoms with van der Waals surface area (Å²) in [4.78, 5) is 27.8. The summed E-state index contributed by atoms with van der Waals surface area (Å²) in [6.07, 6.45) is 3.45. The van der Waals surface area contributed by atoms with E-state index in [0.29, 0.717) is 11.3 Å². The second kappa shape index (κ2) is 10.1. The van der Waals surface area contributed by atoms with Crippen LogP contribution in [-0.2, 0) is 19.6 Å². The number of halogens is 1. The van der Waals surface area contributed by atoms with E-state index in [1.54, 1.807) is 38.1 Å². The van der Waals surface area contributed by atoms with E-state index in [2.05, 4.69) is 0 Å². The lowest BCUT2D eigenvalue weighted by molar-refractivity contribution is -0.133. The summed E-state index contributed by atoms with van der Waals surface area (Å²) in [6.45, 7) is 3.57. The molecule has 1 aliphatic rings. The van der Waals surface area contributed by atoms with Crippen molar-refractivity contribution in [3.05, 3.63) is 71.4 Å². The van der Waals surface area contributed by atoms with Crippen molar-refractivity contribution in [3.63, 3.8) is 0 Å². The summed E-state index contributed by atoms with van der Waals surface area (Å²) in [6, 6.07) is 13.9. The monoisotopic (exact) mass is 458 g/mol. The van der Waals surface area contributed by atoms with Crippen LogP contribution in [-0.4, -0.2) is 26.3 Å². The van der Waals surface area contributed by atoms with Crippen molar-refractivity contribution in [3.8, 4) is 0 Å². The number of sulfonamides is 1. The number of nitrogens with one attached hydrogen (secondary N) is 1. The Bertz CT molecular complexity index is 1080. The van der Waals surface area contributed by atoms with Gasteiger partial charge in [0.2, 0.25) is 11.8 Å². The number of carbonyl (C=O) groups is 2. The minimum atomic E-state index is -4.09. The van der Waals surface area contributed by atoms with Crippen LogP contribution in [0.4, 0.5) is 10.1 Å². The highest BCUT2D eigenvalue weighted by molar-refractivity contribution is 7.93. The van der Waals surface area contributed by atoms with Crippen molar-refractivity contribution in [1.82, 2.24) is 4.72 Å². The standard InChI is InChI=1S/C24H27FN2O4S/c1-17(2)27(21-12-10-20(25)11-13-21)24(29)22(16-19-8-9-19)23(28)26-32(30,31)15-14-18-6-4-3-5-7-18/h3-7,10-15,17,19,22H,8-9,16H2,1-2H3,(H,26,28)/b15-14+. The van der Waals surface area contributed by atoms with E-state index in [0.717, 1.165) is 18.2 Å². The normalized spacial score (nSPS) is 15.0. The molecule has 1 atom stereocenters. The molecule has 1 unspecified atom stereocenters. The average molecular weight is 459 g/mol. The minimum absolute atomic E-state index is 0.208. The number of nitrogens with zero attached hydrogens (tertiary/aromatic N) is 1. The molecule has 1 fully saturated rings. The van der Waals surface area contributed by atoms with Crippen molar-refractivity contribution in [2.24, 2.45) is 11.8 Å². The molecule has 2 amide bonds. The molecule has 2 aromatic rings. The maximum Gasteiger partial charge on any atom is 0.257 e. The van der Waals surface area contributed by atoms with E-state index in [4.69, 9.17) is 0 Å². The summed E-state index contributed by atoms with van der Waals surface area (Å²) in [5.41, 5.74) is 1.12. The van der Waals surface area contributed by atoms with Crippen LogP contribution in [0.1, 0.15) is 38.7 Å². The molecule has 170 valence electrons. The zero-order valence-corrected chi connectivity index (χ0v) is 18.9. The molecule has 8 heteroatoms. The van der Waals surface area contributed by atoms with Crippen LogP contribution in [0.5, 0.6) is 0 Å². The number of amides is 2. The fourth-order valence-electron chi connectivity index (χ4n) is 3.43. The van der Waals surface area contributed by atoms with E-state index in [1.807, 2.05) is 10.8 Å². The second-order valence-electron chi connectivity index (χ2n) is 8.23. The Labute approximate surface area is 188 Å². The molecular weight excluding hydrogens is 431 g/mol. The van der Waals surface area contributed by atoms with Crippen LogP contribution >= 0.6 is 0 Å². The van der Waals surface area contributed by atoms with Gasteiger partial charge in [0.25, 0.3) is 10.0 Å². The number of anilines is 1. The molecule has 0 bridgehead atoms. The maximum absolute atomic E-state index is 13.4. The summed E-state index contributed by atoms with van der Waals surface area (Å²) < 4.78 is 40.3. The number of rotatable bonds is 9. The van der Waals surface area contributed by atoms with Crippen LogP contribution in [0.25, 0.3) is 6.08 Å². The topological polar surface area (TPSA) is 83.6 Å². The predicted molar refractivity (Wildman–Crippen MR) is 122 cm³/mol. The molecule has 3 rings (SSSR count). The van der Waals surface area contributed by atoms with Crippen LogP contribution in [0.15, 0.2) is 60.0 Å². The third-order valence-corrected chi connectivity index (χ3v) is 6.20. The van der Waals surface area contributed by atoms with Crippen LogP contribution in [0.2, 0.25) is 0 Å². The molecule has 0 aliphatic heterocycles. The van der Waals surface area contributed by atoms with Crippen molar-refractivity contribution >= 4 is 33.6 Å². The van der Waals surface area contributed by atoms with Crippen molar-refractivity contribution < 1.29 is 22.4 Å². The lowest BCUT2D eigenvalue weighted by Gasteiger charge is -2.30. The Morgan fingerprint density at radius 1 is 1.09 bits per heavy atom. The lowest BCUT2D eigenvalue weighted by atomic mass is 9.98. The molecule has 0 spiro atoms. The van der Waals surface area contributed by atoms with Gasteiger partial charge in [-0.25, -0.2) is 17.5 Å². The maximum atomic E-state index is 13.4. The molecule has 0 radical (unpaired) electrons. The summed E-state index contributed by atoms with van der Waals surface area (Å²) in [5.74, 6) is -2.74. The molecule has 2 aromatic carbocycles. The summed E-state index contributed by atoms with van der Waals surface area (Å²) >= 11 is 0. The molecule has 1 saturated carbocycles.